The third kappa shape index (κ3) is 2.92. The molecule has 0 bridgehead atoms. The molecule has 7 aromatic carbocycles. The van der Waals surface area contributed by atoms with E-state index in [9.17, 15) is 0 Å². The molecule has 0 fully saturated rings. The number of hydrogen-bond donors (Lipinski definition) is 0. The molecule has 0 N–H and O–H groups in total. The van der Waals surface area contributed by atoms with Gasteiger partial charge in [-0.05, 0) is 56.6 Å². The second kappa shape index (κ2) is 8.12. The van der Waals surface area contributed by atoms with E-state index in [2.05, 4.69) is 146 Å². The Balaban J connectivity index is 1.47. The molecule has 2 aromatic heterocycles. The number of benzene rings is 7. The van der Waals surface area contributed by atoms with Gasteiger partial charge in [-0.25, -0.2) is 0 Å². The summed E-state index contributed by atoms with van der Waals surface area (Å²) in [7, 11) is 0. The van der Waals surface area contributed by atoms with Crippen LogP contribution in [0.3, 0.4) is 0 Å². The maximum atomic E-state index is 2.59. The van der Waals surface area contributed by atoms with Crippen molar-refractivity contribution in [3.8, 4) is 16.8 Å². The topological polar surface area (TPSA) is 4.93 Å². The van der Waals surface area contributed by atoms with Crippen LogP contribution in [0.2, 0.25) is 0 Å². The zero-order valence-corrected chi connectivity index (χ0v) is 24.8. The maximum absolute atomic E-state index is 2.59. The van der Waals surface area contributed by atoms with Crippen LogP contribution in [-0.2, 0) is 5.41 Å². The van der Waals surface area contributed by atoms with Gasteiger partial charge in [0.2, 0.25) is 0 Å². The Bertz CT molecular complexity index is 2650. The molecule has 1 aliphatic rings. The summed E-state index contributed by atoms with van der Waals surface area (Å²) in [4.78, 5) is 0. The first-order valence-corrected chi connectivity index (χ1v) is 15.9. The zero-order valence-electron chi connectivity index (χ0n) is 24.0. The standard InChI is InChI=1S/C41H27NS/c1-41(2)33-17-9-7-13-27(33)32-23-25(20-22-34(32)41)42-38-26-12-4-3-11-24(26)19-21-31(38)36-28-14-5-6-15-29(28)37-30-16-8-10-18-35(30)43-40(37)39(36)42/h3-23H,1-2H3. The molecule has 0 aliphatic heterocycles. The lowest BCUT2D eigenvalue weighted by molar-refractivity contribution is 0.660. The first-order valence-electron chi connectivity index (χ1n) is 15.0. The summed E-state index contributed by atoms with van der Waals surface area (Å²) in [5, 5.41) is 10.6. The van der Waals surface area contributed by atoms with Gasteiger partial charge >= 0.3 is 0 Å². The molecule has 2 heteroatoms. The molecular formula is C41H27NS. The molecule has 10 rings (SSSR count). The molecule has 0 saturated carbocycles. The lowest BCUT2D eigenvalue weighted by Crippen LogP contribution is -2.14. The van der Waals surface area contributed by atoms with Crippen molar-refractivity contribution in [2.45, 2.75) is 19.3 Å². The molecule has 1 aliphatic carbocycles. The summed E-state index contributed by atoms with van der Waals surface area (Å²) < 4.78 is 5.28. The number of fused-ring (bicyclic) bond motifs is 15. The molecule has 0 saturated heterocycles. The molecule has 43 heavy (non-hydrogen) atoms. The normalized spacial score (nSPS) is 14.0. The fourth-order valence-electron chi connectivity index (χ4n) is 8.04. The van der Waals surface area contributed by atoms with Crippen molar-refractivity contribution in [3.05, 3.63) is 139 Å². The predicted molar refractivity (Wildman–Crippen MR) is 186 cm³/mol. The molecule has 0 spiro atoms. The minimum atomic E-state index is -0.0209. The number of thiophene rings is 1. The van der Waals surface area contributed by atoms with E-state index in [1.54, 1.807) is 0 Å². The van der Waals surface area contributed by atoms with Crippen LogP contribution in [0.5, 0.6) is 0 Å². The number of nitrogens with zero attached hydrogens (tertiary/aromatic N) is 1. The van der Waals surface area contributed by atoms with Gasteiger partial charge in [0.15, 0.2) is 0 Å². The third-order valence-corrected chi connectivity index (χ3v) is 11.1. The van der Waals surface area contributed by atoms with Crippen molar-refractivity contribution in [3.63, 3.8) is 0 Å². The van der Waals surface area contributed by atoms with Crippen LogP contribution in [0.4, 0.5) is 0 Å². The van der Waals surface area contributed by atoms with Gasteiger partial charge in [0.1, 0.15) is 0 Å². The van der Waals surface area contributed by atoms with E-state index >= 15 is 0 Å². The van der Waals surface area contributed by atoms with E-state index in [1.165, 1.54) is 91.5 Å². The Labute approximate surface area is 253 Å². The number of aromatic nitrogens is 1. The van der Waals surface area contributed by atoms with Crippen molar-refractivity contribution in [2.75, 3.05) is 0 Å². The molecule has 0 unspecified atom stereocenters. The van der Waals surface area contributed by atoms with Crippen LogP contribution in [0, 0.1) is 0 Å². The third-order valence-electron chi connectivity index (χ3n) is 9.96. The van der Waals surface area contributed by atoms with Crippen molar-refractivity contribution >= 4 is 74.9 Å². The summed E-state index contributed by atoms with van der Waals surface area (Å²) in [6.45, 7) is 4.72. The van der Waals surface area contributed by atoms with Gasteiger partial charge in [0.05, 0.1) is 15.7 Å². The predicted octanol–water partition coefficient (Wildman–Crippen LogP) is 11.8. The Kier molecular flexibility index (Phi) is 4.46. The lowest BCUT2D eigenvalue weighted by atomic mass is 9.82. The van der Waals surface area contributed by atoms with Crippen molar-refractivity contribution in [1.82, 2.24) is 4.57 Å². The van der Waals surface area contributed by atoms with Crippen LogP contribution < -0.4 is 0 Å². The highest BCUT2D eigenvalue weighted by Gasteiger charge is 2.35. The summed E-state index contributed by atoms with van der Waals surface area (Å²) in [6.07, 6.45) is 0. The molecule has 9 aromatic rings. The van der Waals surface area contributed by atoms with Crippen molar-refractivity contribution < 1.29 is 0 Å². The van der Waals surface area contributed by atoms with E-state index in [-0.39, 0.29) is 5.41 Å². The Morgan fingerprint density at radius 2 is 1.19 bits per heavy atom. The van der Waals surface area contributed by atoms with Gasteiger partial charge in [0.25, 0.3) is 0 Å². The van der Waals surface area contributed by atoms with Crippen LogP contribution in [0.15, 0.2) is 127 Å². The molecular weight excluding hydrogens is 539 g/mol. The van der Waals surface area contributed by atoms with E-state index in [0.717, 1.165) is 0 Å². The van der Waals surface area contributed by atoms with Crippen LogP contribution in [-0.4, -0.2) is 4.57 Å². The maximum Gasteiger partial charge on any atom is 0.0726 e. The summed E-state index contributed by atoms with van der Waals surface area (Å²) in [5.41, 5.74) is 9.31. The minimum Gasteiger partial charge on any atom is -0.307 e. The van der Waals surface area contributed by atoms with Crippen LogP contribution in [0.25, 0.3) is 80.3 Å². The van der Waals surface area contributed by atoms with Gasteiger partial charge < -0.3 is 4.57 Å². The first-order chi connectivity index (χ1) is 21.1. The highest BCUT2D eigenvalue weighted by molar-refractivity contribution is 7.27. The number of hydrogen-bond acceptors (Lipinski definition) is 1. The van der Waals surface area contributed by atoms with Gasteiger partial charge in [0, 0.05) is 42.7 Å². The van der Waals surface area contributed by atoms with E-state index in [0.29, 0.717) is 0 Å². The first kappa shape index (κ1) is 23.6. The van der Waals surface area contributed by atoms with Gasteiger partial charge in [-0.15, -0.1) is 11.3 Å². The monoisotopic (exact) mass is 565 g/mol. The molecule has 2 heterocycles. The zero-order chi connectivity index (χ0) is 28.4. The highest BCUT2D eigenvalue weighted by Crippen LogP contribution is 2.52. The van der Waals surface area contributed by atoms with E-state index < -0.39 is 0 Å². The molecule has 1 nitrogen and oxygen atoms in total. The summed E-state index contributed by atoms with van der Waals surface area (Å²) in [5.74, 6) is 0. The largest absolute Gasteiger partial charge is 0.307 e. The smallest absolute Gasteiger partial charge is 0.0726 e. The Morgan fingerprint density at radius 3 is 2.05 bits per heavy atom. The molecule has 0 amide bonds. The quantitative estimate of drug-likeness (QED) is 0.187. The average Bonchev–Trinajstić information content (AvgIpc) is 3.68. The Hall–Kier alpha value is -4.92. The molecule has 0 radical (unpaired) electrons. The summed E-state index contributed by atoms with van der Waals surface area (Å²) >= 11 is 1.93. The fourth-order valence-corrected chi connectivity index (χ4v) is 9.30. The van der Waals surface area contributed by atoms with Gasteiger partial charge in [-0.2, -0.15) is 0 Å². The minimum absolute atomic E-state index is 0.0209. The SMILES string of the molecule is CC1(C)c2ccccc2-c2cc(-n3c4c5ccccc5ccc4c4c5ccccc5c5c6ccccc6sc5c43)ccc21. The van der Waals surface area contributed by atoms with Crippen molar-refractivity contribution in [1.29, 1.82) is 0 Å². The Morgan fingerprint density at radius 1 is 0.512 bits per heavy atom. The lowest BCUT2D eigenvalue weighted by Gasteiger charge is -2.21. The second-order valence-corrected chi connectivity index (χ2v) is 13.5. The van der Waals surface area contributed by atoms with E-state index in [1.807, 2.05) is 11.3 Å². The van der Waals surface area contributed by atoms with Gasteiger partial charge in [-0.3, -0.25) is 0 Å². The molecule has 0 atom stereocenters. The van der Waals surface area contributed by atoms with Crippen LogP contribution in [0.1, 0.15) is 25.0 Å². The fraction of sp³-hybridized carbons (Fsp3) is 0.0732. The highest BCUT2D eigenvalue weighted by atomic mass is 32.1. The van der Waals surface area contributed by atoms with Gasteiger partial charge in [-0.1, -0.05) is 123 Å². The molecule has 202 valence electrons. The number of rotatable bonds is 1. The van der Waals surface area contributed by atoms with Crippen molar-refractivity contribution in [2.24, 2.45) is 0 Å². The van der Waals surface area contributed by atoms with Crippen LogP contribution >= 0.6 is 11.3 Å². The average molecular weight is 566 g/mol. The van der Waals surface area contributed by atoms with E-state index in [4.69, 9.17) is 0 Å². The second-order valence-electron chi connectivity index (χ2n) is 12.5. The summed E-state index contributed by atoms with van der Waals surface area (Å²) in [6, 6.07) is 47.6.